The Kier molecular flexibility index (Phi) is 3.49. The third-order valence-electron chi connectivity index (χ3n) is 2.82. The number of benzene rings is 1. The van der Waals surface area contributed by atoms with Gasteiger partial charge in [-0.15, -0.1) is 0 Å². The Hall–Kier alpha value is -1.75. The molecule has 0 bridgehead atoms. The smallest absolute Gasteiger partial charge is 0.242 e. The van der Waals surface area contributed by atoms with Crippen LogP contribution in [0.5, 0.6) is 5.75 Å². The standard InChI is InChI=1S/C12H17N3O2/c1-17-11-5-3-2-4-10(11)14-8-6-12(16)15(14)9-7-13/h2-5H,6-9,13H2,1H3. The van der Waals surface area contributed by atoms with Gasteiger partial charge in [-0.25, -0.2) is 0 Å². The van der Waals surface area contributed by atoms with E-state index in [4.69, 9.17) is 10.5 Å². The van der Waals surface area contributed by atoms with Gasteiger partial charge in [0, 0.05) is 19.5 Å². The molecular formula is C12H17N3O2. The number of methoxy groups -OCH3 is 1. The van der Waals surface area contributed by atoms with Crippen LogP contribution in [-0.4, -0.2) is 37.7 Å². The Labute approximate surface area is 101 Å². The van der Waals surface area contributed by atoms with Crippen molar-refractivity contribution in [2.24, 2.45) is 5.73 Å². The van der Waals surface area contributed by atoms with Crippen molar-refractivity contribution in [3.8, 4) is 5.75 Å². The van der Waals surface area contributed by atoms with Crippen molar-refractivity contribution in [3.63, 3.8) is 0 Å². The van der Waals surface area contributed by atoms with Crippen LogP contribution in [0.1, 0.15) is 6.42 Å². The summed E-state index contributed by atoms with van der Waals surface area (Å²) in [5, 5.41) is 3.63. The molecule has 1 amide bonds. The molecule has 0 unspecified atom stereocenters. The average Bonchev–Trinajstić information content (AvgIpc) is 2.72. The van der Waals surface area contributed by atoms with E-state index >= 15 is 0 Å². The summed E-state index contributed by atoms with van der Waals surface area (Å²) in [6, 6.07) is 7.68. The lowest BCUT2D eigenvalue weighted by Gasteiger charge is -2.30. The maximum Gasteiger partial charge on any atom is 0.242 e. The normalized spacial score (nSPS) is 15.5. The van der Waals surface area contributed by atoms with E-state index in [-0.39, 0.29) is 5.91 Å². The minimum atomic E-state index is 0.112. The molecule has 17 heavy (non-hydrogen) atoms. The molecule has 1 aliphatic heterocycles. The van der Waals surface area contributed by atoms with Gasteiger partial charge in [0.05, 0.1) is 19.3 Å². The lowest BCUT2D eigenvalue weighted by atomic mass is 10.3. The zero-order chi connectivity index (χ0) is 12.3. The van der Waals surface area contributed by atoms with Gasteiger partial charge in [0.25, 0.3) is 0 Å². The minimum Gasteiger partial charge on any atom is -0.495 e. The second-order valence-corrected chi connectivity index (χ2v) is 3.85. The molecule has 1 fully saturated rings. The van der Waals surface area contributed by atoms with Gasteiger partial charge in [0.15, 0.2) is 0 Å². The van der Waals surface area contributed by atoms with Crippen LogP contribution in [0.2, 0.25) is 0 Å². The number of carbonyl (C=O) groups excluding carboxylic acids is 1. The molecule has 1 aromatic carbocycles. The van der Waals surface area contributed by atoms with Crippen LogP contribution >= 0.6 is 0 Å². The summed E-state index contributed by atoms with van der Waals surface area (Å²) in [6.07, 6.45) is 0.526. The summed E-state index contributed by atoms with van der Waals surface area (Å²) in [6.45, 7) is 1.67. The zero-order valence-corrected chi connectivity index (χ0v) is 9.93. The summed E-state index contributed by atoms with van der Waals surface area (Å²) in [5.74, 6) is 0.880. The van der Waals surface area contributed by atoms with Crippen LogP contribution in [0.15, 0.2) is 24.3 Å². The number of nitrogens with zero attached hydrogens (tertiary/aromatic N) is 2. The van der Waals surface area contributed by atoms with E-state index in [1.54, 1.807) is 12.1 Å². The van der Waals surface area contributed by atoms with E-state index in [9.17, 15) is 4.79 Å². The quantitative estimate of drug-likeness (QED) is 0.830. The highest BCUT2D eigenvalue weighted by atomic mass is 16.5. The summed E-state index contributed by atoms with van der Waals surface area (Å²) in [7, 11) is 1.63. The molecule has 0 radical (unpaired) electrons. The van der Waals surface area contributed by atoms with E-state index in [0.29, 0.717) is 26.1 Å². The van der Waals surface area contributed by atoms with Gasteiger partial charge in [0.2, 0.25) is 5.91 Å². The highest BCUT2D eigenvalue weighted by molar-refractivity contribution is 5.82. The Balaban J connectivity index is 2.29. The molecular weight excluding hydrogens is 218 g/mol. The van der Waals surface area contributed by atoms with E-state index in [1.807, 2.05) is 29.3 Å². The summed E-state index contributed by atoms with van der Waals surface area (Å²) >= 11 is 0. The lowest BCUT2D eigenvalue weighted by molar-refractivity contribution is -0.128. The molecule has 2 rings (SSSR count). The first-order valence-electron chi connectivity index (χ1n) is 5.69. The predicted molar refractivity (Wildman–Crippen MR) is 65.7 cm³/mol. The molecule has 0 spiro atoms. The van der Waals surface area contributed by atoms with Crippen molar-refractivity contribution in [1.29, 1.82) is 0 Å². The highest BCUT2D eigenvalue weighted by Gasteiger charge is 2.29. The van der Waals surface area contributed by atoms with Gasteiger partial charge in [-0.1, -0.05) is 12.1 Å². The van der Waals surface area contributed by atoms with Gasteiger partial charge in [0.1, 0.15) is 5.75 Å². The third-order valence-corrected chi connectivity index (χ3v) is 2.82. The second kappa shape index (κ2) is 5.05. The molecule has 0 aromatic heterocycles. The predicted octanol–water partition coefficient (Wildman–Crippen LogP) is 0.608. The molecule has 1 heterocycles. The van der Waals surface area contributed by atoms with E-state index in [1.165, 1.54) is 0 Å². The average molecular weight is 235 g/mol. The van der Waals surface area contributed by atoms with Crippen molar-refractivity contribution in [2.45, 2.75) is 6.42 Å². The Morgan fingerprint density at radius 1 is 1.41 bits per heavy atom. The molecule has 92 valence electrons. The van der Waals surface area contributed by atoms with Crippen LogP contribution in [0.3, 0.4) is 0 Å². The van der Waals surface area contributed by atoms with Crippen LogP contribution in [-0.2, 0) is 4.79 Å². The van der Waals surface area contributed by atoms with Gasteiger partial charge in [-0.2, -0.15) is 0 Å². The van der Waals surface area contributed by atoms with Gasteiger partial charge in [-0.3, -0.25) is 14.8 Å². The molecule has 5 heteroatoms. The molecule has 2 N–H and O–H groups in total. The number of hydrogen-bond donors (Lipinski definition) is 1. The lowest BCUT2D eigenvalue weighted by Crippen LogP contribution is -2.42. The number of hydrogen-bond acceptors (Lipinski definition) is 4. The summed E-state index contributed by atoms with van der Waals surface area (Å²) in [5.41, 5.74) is 6.44. The van der Waals surface area contributed by atoms with Crippen LogP contribution in [0, 0.1) is 0 Å². The number of nitrogens with two attached hydrogens (primary N) is 1. The topological polar surface area (TPSA) is 58.8 Å². The van der Waals surface area contributed by atoms with Crippen LogP contribution < -0.4 is 15.5 Å². The van der Waals surface area contributed by atoms with E-state index in [0.717, 1.165) is 11.4 Å². The van der Waals surface area contributed by atoms with Crippen molar-refractivity contribution >= 4 is 11.6 Å². The fourth-order valence-corrected chi connectivity index (χ4v) is 2.05. The van der Waals surface area contributed by atoms with Crippen LogP contribution in [0.4, 0.5) is 5.69 Å². The molecule has 1 aliphatic rings. The van der Waals surface area contributed by atoms with E-state index < -0.39 is 0 Å². The van der Waals surface area contributed by atoms with Crippen molar-refractivity contribution in [2.75, 3.05) is 31.8 Å². The number of ether oxygens (including phenoxy) is 1. The third kappa shape index (κ3) is 2.19. The minimum absolute atomic E-state index is 0.112. The first-order chi connectivity index (χ1) is 8.27. The number of rotatable bonds is 4. The maximum absolute atomic E-state index is 11.7. The maximum atomic E-state index is 11.7. The largest absolute Gasteiger partial charge is 0.495 e. The number of amides is 1. The first-order valence-corrected chi connectivity index (χ1v) is 5.69. The molecule has 1 aromatic rings. The second-order valence-electron chi connectivity index (χ2n) is 3.85. The fraction of sp³-hybridized carbons (Fsp3) is 0.417. The van der Waals surface area contributed by atoms with Crippen LogP contribution in [0.25, 0.3) is 0 Å². The summed E-state index contributed by atoms with van der Waals surface area (Å²) in [4.78, 5) is 11.7. The van der Waals surface area contributed by atoms with Gasteiger partial charge >= 0.3 is 0 Å². The monoisotopic (exact) mass is 235 g/mol. The molecule has 5 nitrogen and oxygen atoms in total. The molecule has 0 atom stereocenters. The van der Waals surface area contributed by atoms with E-state index in [2.05, 4.69) is 0 Å². The SMILES string of the molecule is COc1ccccc1N1CCC(=O)N1CCN. The first kappa shape index (κ1) is 11.7. The van der Waals surface area contributed by atoms with Crippen molar-refractivity contribution < 1.29 is 9.53 Å². The number of para-hydroxylation sites is 2. The van der Waals surface area contributed by atoms with Crippen molar-refractivity contribution in [3.05, 3.63) is 24.3 Å². The Morgan fingerprint density at radius 2 is 2.18 bits per heavy atom. The zero-order valence-electron chi connectivity index (χ0n) is 9.93. The van der Waals surface area contributed by atoms with Gasteiger partial charge in [-0.05, 0) is 12.1 Å². The molecule has 0 saturated carbocycles. The Bertz CT molecular complexity index is 408. The fourth-order valence-electron chi connectivity index (χ4n) is 2.05. The molecule has 0 aliphatic carbocycles. The van der Waals surface area contributed by atoms with Gasteiger partial charge < -0.3 is 10.5 Å². The number of carbonyl (C=O) groups is 1. The number of hydrazine groups is 1. The summed E-state index contributed by atoms with van der Waals surface area (Å²) < 4.78 is 5.31. The highest BCUT2D eigenvalue weighted by Crippen LogP contribution is 2.31. The molecule has 1 saturated heterocycles. The number of anilines is 1. The Morgan fingerprint density at radius 3 is 2.88 bits per heavy atom. The van der Waals surface area contributed by atoms with Crippen molar-refractivity contribution in [1.82, 2.24) is 5.01 Å².